The molecule has 0 aliphatic rings. The first-order valence-corrected chi connectivity index (χ1v) is 24.0. The van der Waals surface area contributed by atoms with Crippen LogP contribution in [0.25, 0.3) is 21.5 Å². The maximum absolute atomic E-state index is 4.93. The van der Waals surface area contributed by atoms with Crippen LogP contribution in [0.2, 0.25) is 0 Å². The van der Waals surface area contributed by atoms with Crippen molar-refractivity contribution in [3.63, 3.8) is 0 Å². The fourth-order valence-electron chi connectivity index (χ4n) is 5.10. The predicted molar refractivity (Wildman–Crippen MR) is 183 cm³/mol. The Morgan fingerprint density at radius 2 is 1.05 bits per heavy atom. The molecule has 0 aliphatic carbocycles. The van der Waals surface area contributed by atoms with Crippen LogP contribution in [0.3, 0.4) is 0 Å². The van der Waals surface area contributed by atoms with Gasteiger partial charge in [-0.25, -0.2) is 0 Å². The van der Waals surface area contributed by atoms with Crippen molar-refractivity contribution >= 4 is 65.0 Å². The van der Waals surface area contributed by atoms with E-state index in [1.807, 2.05) is 0 Å². The monoisotopic (exact) mass is 678 g/mol. The average Bonchev–Trinajstić information content (AvgIpc) is 3.52. The number of halogens is 2. The molecule has 0 nitrogen and oxygen atoms in total. The zero-order chi connectivity index (χ0) is 28.9. The first-order chi connectivity index (χ1) is 18.6. The van der Waals surface area contributed by atoms with Gasteiger partial charge in [-0.15, -0.1) is 80.7 Å². The summed E-state index contributed by atoms with van der Waals surface area (Å²) in [6.07, 6.45) is 5.31. The number of benzene rings is 2. The molecular formula is C34H48Cl2P2Zr. The molecule has 0 heterocycles. The summed E-state index contributed by atoms with van der Waals surface area (Å²) < 4.78 is 0. The summed E-state index contributed by atoms with van der Waals surface area (Å²) >= 11 is -0.826. The van der Waals surface area contributed by atoms with Crippen LogP contribution in [-0.2, 0) is 20.8 Å². The van der Waals surface area contributed by atoms with Crippen LogP contribution >= 0.6 is 32.9 Å². The Hall–Kier alpha value is -0.0169. The molecule has 0 radical (unpaired) electrons. The molecule has 212 valence electrons. The van der Waals surface area contributed by atoms with Crippen LogP contribution in [0, 0.1) is 11.8 Å². The summed E-state index contributed by atoms with van der Waals surface area (Å²) in [4.78, 5) is 0. The molecule has 5 heteroatoms. The Morgan fingerprint density at radius 3 is 1.44 bits per heavy atom. The van der Waals surface area contributed by atoms with Crippen LogP contribution in [0.5, 0.6) is 0 Å². The van der Waals surface area contributed by atoms with E-state index in [2.05, 4.69) is 128 Å². The zero-order valence-corrected chi connectivity index (χ0v) is 31.0. The molecule has 0 bridgehead atoms. The van der Waals surface area contributed by atoms with E-state index < -0.39 is 20.8 Å². The Bertz CT molecular complexity index is 1130. The SMILES string of the molecule is CC(C)CP(CC(C)C)c1cc2ccccc2[cH-]1.CCC(C)P(c1cc2ccccc2[cH-]1)C(C)CC.[Cl][Zr+2][Cl]. The van der Waals surface area contributed by atoms with Crippen molar-refractivity contribution in [3.8, 4) is 0 Å². The minimum absolute atomic E-state index is 0.0185. The minimum atomic E-state index is -0.826. The molecule has 39 heavy (non-hydrogen) atoms. The molecule has 4 rings (SSSR count). The third-order valence-electron chi connectivity index (χ3n) is 7.17. The van der Waals surface area contributed by atoms with Crippen molar-refractivity contribution in [1.29, 1.82) is 0 Å². The van der Waals surface area contributed by atoms with Gasteiger partial charge in [-0.3, -0.25) is 0 Å². The predicted octanol–water partition coefficient (Wildman–Crippen LogP) is 11.6. The van der Waals surface area contributed by atoms with E-state index in [0.717, 1.165) is 23.2 Å². The summed E-state index contributed by atoms with van der Waals surface area (Å²) in [7, 11) is 9.86. The third kappa shape index (κ3) is 11.3. The molecule has 0 amide bonds. The number of fused-ring (bicyclic) bond motifs is 2. The van der Waals surface area contributed by atoms with Gasteiger partial charge in [0, 0.05) is 0 Å². The molecule has 4 aromatic rings. The molecule has 0 saturated carbocycles. The standard InChI is InChI=1S/2C17H24P.2ClH.Zr/c1-13(2)11-18(12-14(3)4)17-9-15-7-5-6-8-16(15)10-17;1-5-13(3)18(14(4)6-2)17-11-15-9-7-8-10-16(15)12-17;;;/h5-10,13-14H,11-12H2,1-4H3;7-14H,5-6H2,1-4H3;2*1H;/q2*-1;;;+4/p-2. The van der Waals surface area contributed by atoms with Crippen LogP contribution < -0.4 is 10.6 Å². The van der Waals surface area contributed by atoms with Crippen molar-refractivity contribution < 1.29 is 20.8 Å². The van der Waals surface area contributed by atoms with Crippen LogP contribution in [0.4, 0.5) is 0 Å². The third-order valence-corrected chi connectivity index (χ3v) is 14.0. The molecule has 0 spiro atoms. The van der Waals surface area contributed by atoms with E-state index in [0.29, 0.717) is 0 Å². The van der Waals surface area contributed by atoms with Gasteiger partial charge in [-0.1, -0.05) is 83.4 Å². The van der Waals surface area contributed by atoms with E-state index >= 15 is 0 Å². The van der Waals surface area contributed by atoms with E-state index in [-0.39, 0.29) is 15.8 Å². The molecule has 2 unspecified atom stereocenters. The second kappa shape index (κ2) is 18.5. The average molecular weight is 681 g/mol. The quantitative estimate of drug-likeness (QED) is 0.116. The first-order valence-electron chi connectivity index (χ1n) is 14.4. The van der Waals surface area contributed by atoms with Crippen molar-refractivity contribution in [1.82, 2.24) is 0 Å². The molecule has 0 aromatic heterocycles. The fraction of sp³-hybridized carbons (Fsp3) is 0.471. The van der Waals surface area contributed by atoms with Gasteiger partial charge in [0.25, 0.3) is 0 Å². The van der Waals surface area contributed by atoms with Gasteiger partial charge in [0.1, 0.15) is 0 Å². The van der Waals surface area contributed by atoms with E-state index in [9.17, 15) is 0 Å². The van der Waals surface area contributed by atoms with Crippen LogP contribution in [0.15, 0.2) is 72.8 Å². The van der Waals surface area contributed by atoms with Gasteiger partial charge in [0.2, 0.25) is 0 Å². The number of rotatable bonds is 10. The Morgan fingerprint density at radius 1 is 0.667 bits per heavy atom. The first kappa shape index (κ1) is 35.2. The summed E-state index contributed by atoms with van der Waals surface area (Å²) in [6.45, 7) is 18.9. The Balaban J connectivity index is 0.000000249. The summed E-state index contributed by atoms with van der Waals surface area (Å²) in [5.41, 5.74) is 1.65. The number of hydrogen-bond donors (Lipinski definition) is 0. The molecule has 0 aliphatic heterocycles. The number of hydrogen-bond acceptors (Lipinski definition) is 0. The summed E-state index contributed by atoms with van der Waals surface area (Å²) in [6, 6.07) is 27.2. The fourth-order valence-corrected chi connectivity index (χ4v) is 11.3. The topological polar surface area (TPSA) is 0 Å². The van der Waals surface area contributed by atoms with Gasteiger partial charge in [-0.05, 0) is 48.3 Å². The zero-order valence-electron chi connectivity index (χ0n) is 25.2. The molecule has 2 atom stereocenters. The second-order valence-electron chi connectivity index (χ2n) is 11.4. The van der Waals surface area contributed by atoms with E-state index in [1.54, 1.807) is 10.6 Å². The van der Waals surface area contributed by atoms with Crippen LogP contribution in [0.1, 0.15) is 68.2 Å². The molecule has 4 aromatic carbocycles. The molecule has 0 N–H and O–H groups in total. The molecule has 0 fully saturated rings. The van der Waals surface area contributed by atoms with Gasteiger partial charge >= 0.3 is 37.9 Å². The second-order valence-corrected chi connectivity index (χ2v) is 20.5. The van der Waals surface area contributed by atoms with Gasteiger partial charge in [-0.2, -0.15) is 12.1 Å². The summed E-state index contributed by atoms with van der Waals surface area (Å²) in [5.74, 6) is 1.60. The molecular weight excluding hydrogens is 632 g/mol. The summed E-state index contributed by atoms with van der Waals surface area (Å²) in [5, 5.41) is 8.85. The van der Waals surface area contributed by atoms with Crippen molar-refractivity contribution in [2.24, 2.45) is 11.8 Å². The van der Waals surface area contributed by atoms with Gasteiger partial charge in [0.15, 0.2) is 0 Å². The van der Waals surface area contributed by atoms with Crippen molar-refractivity contribution in [3.05, 3.63) is 72.8 Å². The van der Waals surface area contributed by atoms with Gasteiger partial charge in [0.05, 0.1) is 0 Å². The Labute approximate surface area is 260 Å². The normalized spacial score (nSPS) is 13.6. The molecule has 0 saturated heterocycles. The Kier molecular flexibility index (Phi) is 16.7. The van der Waals surface area contributed by atoms with Gasteiger partial charge < -0.3 is 0 Å². The maximum atomic E-state index is 4.93. The van der Waals surface area contributed by atoms with Crippen molar-refractivity contribution in [2.75, 3.05) is 12.3 Å². The van der Waals surface area contributed by atoms with Crippen molar-refractivity contribution in [2.45, 2.75) is 79.5 Å². The van der Waals surface area contributed by atoms with E-state index in [1.165, 1.54) is 46.7 Å². The van der Waals surface area contributed by atoms with E-state index in [4.69, 9.17) is 17.0 Å². The van der Waals surface area contributed by atoms with Crippen LogP contribution in [-0.4, -0.2) is 23.6 Å².